The lowest BCUT2D eigenvalue weighted by atomic mass is 10.0. The molecule has 25 heavy (non-hydrogen) atoms. The fourth-order valence-electron chi connectivity index (χ4n) is 2.61. The van der Waals surface area contributed by atoms with Crippen molar-refractivity contribution in [2.45, 2.75) is 13.0 Å². The molecule has 0 aliphatic heterocycles. The second-order valence-corrected chi connectivity index (χ2v) is 5.97. The average Bonchev–Trinajstić information content (AvgIpc) is 2.58. The van der Waals surface area contributed by atoms with Crippen molar-refractivity contribution in [1.82, 2.24) is 10.3 Å². The maximum atomic E-state index is 13.2. The fourth-order valence-corrected chi connectivity index (χ4v) is 2.79. The van der Waals surface area contributed by atoms with Crippen LogP contribution >= 0.6 is 11.6 Å². The van der Waals surface area contributed by atoms with Gasteiger partial charge in [0, 0.05) is 17.3 Å². The van der Waals surface area contributed by atoms with E-state index in [0.717, 1.165) is 10.9 Å². The van der Waals surface area contributed by atoms with E-state index >= 15 is 0 Å². The molecule has 1 aromatic heterocycles. The third kappa shape index (κ3) is 3.64. The van der Waals surface area contributed by atoms with Gasteiger partial charge in [-0.05, 0) is 42.1 Å². The molecule has 2 amide bonds. The number of benzene rings is 2. The molecule has 3 N–H and O–H groups in total. The SMILES string of the molecule is CC(NC(=O)Nc1ccc(F)c(Cl)c1)c1c[nH]c(=O)c2ccccc12. The Morgan fingerprint density at radius 3 is 2.64 bits per heavy atom. The standard InChI is InChI=1S/C18H15ClFN3O2/c1-10(14-9-21-17(24)13-5-3-2-4-12(13)14)22-18(25)23-11-6-7-16(20)15(19)8-11/h2-10H,1H3,(H,21,24)(H2,22,23,25). The average molecular weight is 360 g/mol. The van der Waals surface area contributed by atoms with E-state index < -0.39 is 11.8 Å². The van der Waals surface area contributed by atoms with Crippen LogP contribution in [0.25, 0.3) is 10.8 Å². The molecule has 5 nitrogen and oxygen atoms in total. The summed E-state index contributed by atoms with van der Waals surface area (Å²) in [5.74, 6) is -0.555. The second-order valence-electron chi connectivity index (χ2n) is 5.57. The molecule has 1 heterocycles. The Bertz CT molecular complexity index is 1000. The summed E-state index contributed by atoms with van der Waals surface area (Å²) < 4.78 is 13.2. The van der Waals surface area contributed by atoms with E-state index in [2.05, 4.69) is 15.6 Å². The first-order chi connectivity index (χ1) is 12.0. The van der Waals surface area contributed by atoms with E-state index in [0.29, 0.717) is 11.1 Å². The molecule has 0 spiro atoms. The van der Waals surface area contributed by atoms with Crippen LogP contribution in [0.2, 0.25) is 5.02 Å². The Morgan fingerprint density at radius 2 is 1.92 bits per heavy atom. The summed E-state index contributed by atoms with van der Waals surface area (Å²) in [6, 6.07) is 10.3. The largest absolute Gasteiger partial charge is 0.331 e. The van der Waals surface area contributed by atoms with Crippen molar-refractivity contribution in [2.24, 2.45) is 0 Å². The summed E-state index contributed by atoms with van der Waals surface area (Å²) in [6.45, 7) is 1.80. The molecule has 0 saturated heterocycles. The van der Waals surface area contributed by atoms with Crippen molar-refractivity contribution in [1.29, 1.82) is 0 Å². The highest BCUT2D eigenvalue weighted by Crippen LogP contribution is 2.22. The van der Waals surface area contributed by atoms with Crippen molar-refractivity contribution in [3.8, 4) is 0 Å². The van der Waals surface area contributed by atoms with Crippen LogP contribution in [-0.2, 0) is 0 Å². The number of rotatable bonds is 3. The maximum absolute atomic E-state index is 13.2. The van der Waals surface area contributed by atoms with E-state index in [-0.39, 0.29) is 16.6 Å². The number of aromatic amines is 1. The molecule has 0 aliphatic carbocycles. The molecule has 0 fully saturated rings. The lowest BCUT2D eigenvalue weighted by molar-refractivity contribution is 0.249. The number of urea groups is 1. The Balaban J connectivity index is 1.79. The van der Waals surface area contributed by atoms with Gasteiger partial charge < -0.3 is 15.6 Å². The van der Waals surface area contributed by atoms with E-state index in [1.165, 1.54) is 18.2 Å². The van der Waals surface area contributed by atoms with Crippen LogP contribution in [0.4, 0.5) is 14.9 Å². The summed E-state index contributed by atoms with van der Waals surface area (Å²) in [4.78, 5) is 26.7. The third-order valence-corrected chi connectivity index (χ3v) is 4.12. The van der Waals surface area contributed by atoms with Gasteiger partial charge in [-0.3, -0.25) is 4.79 Å². The lowest BCUT2D eigenvalue weighted by Gasteiger charge is -2.17. The zero-order chi connectivity index (χ0) is 18.0. The normalized spacial score (nSPS) is 12.0. The minimum atomic E-state index is -0.555. The van der Waals surface area contributed by atoms with Crippen LogP contribution in [0.15, 0.2) is 53.5 Å². The van der Waals surface area contributed by atoms with Crippen LogP contribution in [0, 0.1) is 5.82 Å². The van der Waals surface area contributed by atoms with Gasteiger partial charge in [0.25, 0.3) is 5.56 Å². The second kappa shape index (κ2) is 6.94. The highest BCUT2D eigenvalue weighted by molar-refractivity contribution is 6.31. The number of anilines is 1. The van der Waals surface area contributed by atoms with Gasteiger partial charge in [0.15, 0.2) is 0 Å². The van der Waals surface area contributed by atoms with Crippen molar-refractivity contribution in [2.75, 3.05) is 5.32 Å². The lowest BCUT2D eigenvalue weighted by Crippen LogP contribution is -2.31. The molecule has 0 aliphatic rings. The van der Waals surface area contributed by atoms with Gasteiger partial charge in [-0.25, -0.2) is 9.18 Å². The zero-order valence-electron chi connectivity index (χ0n) is 13.3. The fraction of sp³-hybridized carbons (Fsp3) is 0.111. The number of H-pyrrole nitrogens is 1. The number of amides is 2. The van der Waals surface area contributed by atoms with Crippen molar-refractivity contribution in [3.05, 3.63) is 75.4 Å². The number of pyridine rings is 1. The number of carbonyl (C=O) groups is 1. The topological polar surface area (TPSA) is 74.0 Å². The Morgan fingerprint density at radius 1 is 1.20 bits per heavy atom. The molecule has 0 bridgehead atoms. The number of hydrogen-bond donors (Lipinski definition) is 3. The number of hydrogen-bond acceptors (Lipinski definition) is 2. The molecular weight excluding hydrogens is 345 g/mol. The van der Waals surface area contributed by atoms with Gasteiger partial charge in [-0.2, -0.15) is 0 Å². The number of aromatic nitrogens is 1. The van der Waals surface area contributed by atoms with Gasteiger partial charge in [-0.1, -0.05) is 29.8 Å². The molecule has 7 heteroatoms. The van der Waals surface area contributed by atoms with E-state index in [1.807, 2.05) is 12.1 Å². The maximum Gasteiger partial charge on any atom is 0.319 e. The van der Waals surface area contributed by atoms with Gasteiger partial charge in [0.2, 0.25) is 0 Å². The monoisotopic (exact) mass is 359 g/mol. The van der Waals surface area contributed by atoms with Crippen molar-refractivity contribution in [3.63, 3.8) is 0 Å². The molecule has 2 aromatic carbocycles. The first kappa shape index (κ1) is 17.0. The molecule has 3 aromatic rings. The predicted molar refractivity (Wildman–Crippen MR) is 96.5 cm³/mol. The number of carbonyl (C=O) groups excluding carboxylic acids is 1. The highest BCUT2D eigenvalue weighted by atomic mass is 35.5. The third-order valence-electron chi connectivity index (χ3n) is 3.83. The number of nitrogens with one attached hydrogen (secondary N) is 3. The Kier molecular flexibility index (Phi) is 4.72. The van der Waals surface area contributed by atoms with Gasteiger partial charge in [0.05, 0.1) is 11.1 Å². The van der Waals surface area contributed by atoms with E-state index in [1.54, 1.807) is 25.3 Å². The van der Waals surface area contributed by atoms with Crippen LogP contribution in [0.3, 0.4) is 0 Å². The number of fused-ring (bicyclic) bond motifs is 1. The van der Waals surface area contributed by atoms with Crippen LogP contribution < -0.4 is 16.2 Å². The molecular formula is C18H15ClFN3O2. The van der Waals surface area contributed by atoms with Gasteiger partial charge in [0.1, 0.15) is 5.82 Å². The van der Waals surface area contributed by atoms with Gasteiger partial charge in [-0.15, -0.1) is 0 Å². The minimum absolute atomic E-state index is 0.0718. The van der Waals surface area contributed by atoms with E-state index in [4.69, 9.17) is 11.6 Å². The molecule has 3 rings (SSSR count). The van der Waals surface area contributed by atoms with E-state index in [9.17, 15) is 14.0 Å². The van der Waals surface area contributed by atoms with Crippen LogP contribution in [-0.4, -0.2) is 11.0 Å². The van der Waals surface area contributed by atoms with Crippen LogP contribution in [0.1, 0.15) is 18.5 Å². The summed E-state index contributed by atoms with van der Waals surface area (Å²) >= 11 is 5.70. The van der Waals surface area contributed by atoms with Crippen molar-refractivity contribution >= 4 is 34.1 Å². The molecule has 0 radical (unpaired) electrons. The van der Waals surface area contributed by atoms with Gasteiger partial charge >= 0.3 is 6.03 Å². The van der Waals surface area contributed by atoms with Crippen LogP contribution in [0.5, 0.6) is 0 Å². The minimum Gasteiger partial charge on any atom is -0.331 e. The summed E-state index contributed by atoms with van der Waals surface area (Å²) in [5.41, 5.74) is 0.974. The Labute approximate surface area is 147 Å². The molecule has 1 unspecified atom stereocenters. The van der Waals surface area contributed by atoms with Crippen molar-refractivity contribution < 1.29 is 9.18 Å². The molecule has 128 valence electrons. The smallest absolute Gasteiger partial charge is 0.319 e. The first-order valence-electron chi connectivity index (χ1n) is 7.58. The number of halogens is 2. The summed E-state index contributed by atoms with van der Waals surface area (Å²) in [5, 5.41) is 6.63. The molecule has 0 saturated carbocycles. The highest BCUT2D eigenvalue weighted by Gasteiger charge is 2.14. The predicted octanol–water partition coefficient (Wildman–Crippen LogP) is 4.20. The Hall–Kier alpha value is -2.86. The first-order valence-corrected chi connectivity index (χ1v) is 7.96. The zero-order valence-corrected chi connectivity index (χ0v) is 14.0. The summed E-state index contributed by atoms with van der Waals surface area (Å²) in [6.07, 6.45) is 1.59. The quantitative estimate of drug-likeness (QED) is 0.655. The summed E-state index contributed by atoms with van der Waals surface area (Å²) in [7, 11) is 0. The molecule has 1 atom stereocenters.